The van der Waals surface area contributed by atoms with Crippen molar-refractivity contribution in [3.8, 4) is 0 Å². The molecule has 1 atom stereocenters. The van der Waals surface area contributed by atoms with E-state index in [-0.39, 0.29) is 11.3 Å². The summed E-state index contributed by atoms with van der Waals surface area (Å²) in [4.78, 5) is 19.0. The van der Waals surface area contributed by atoms with Gasteiger partial charge in [-0.2, -0.15) is 0 Å². The molecule has 4 nitrogen and oxygen atoms in total. The predicted molar refractivity (Wildman–Crippen MR) is 75.5 cm³/mol. The molecule has 1 fully saturated rings. The molecule has 0 aliphatic carbocycles. The predicted octanol–water partition coefficient (Wildman–Crippen LogP) is 1.82. The molecule has 0 spiro atoms. The second-order valence-corrected chi connectivity index (χ2v) is 5.20. The summed E-state index contributed by atoms with van der Waals surface area (Å²) in [7, 11) is 0. The van der Waals surface area contributed by atoms with E-state index in [1.807, 2.05) is 30.0 Å². The van der Waals surface area contributed by atoms with Crippen molar-refractivity contribution in [2.75, 3.05) is 19.6 Å². The standard InChI is InChI=1S/C15H23N3O/c1-3-15(8-10-16-12-15)14(19)18(4-2)11-13-7-5-6-9-17-13/h5-7,9,16H,3-4,8,10-12H2,1-2H3. The zero-order valence-electron chi connectivity index (χ0n) is 11.9. The number of aromatic nitrogens is 1. The first-order valence-electron chi connectivity index (χ1n) is 7.12. The molecule has 0 aromatic carbocycles. The number of carbonyl (C=O) groups is 1. The minimum absolute atomic E-state index is 0.204. The van der Waals surface area contributed by atoms with Crippen molar-refractivity contribution in [2.24, 2.45) is 5.41 Å². The molecule has 1 aromatic heterocycles. The molecule has 4 heteroatoms. The molecular formula is C15H23N3O. The van der Waals surface area contributed by atoms with Gasteiger partial charge in [-0.3, -0.25) is 9.78 Å². The van der Waals surface area contributed by atoms with Gasteiger partial charge in [-0.1, -0.05) is 13.0 Å². The minimum Gasteiger partial charge on any atom is -0.337 e. The fraction of sp³-hybridized carbons (Fsp3) is 0.600. The highest BCUT2D eigenvalue weighted by molar-refractivity contribution is 5.83. The topological polar surface area (TPSA) is 45.2 Å². The van der Waals surface area contributed by atoms with Gasteiger partial charge in [-0.05, 0) is 38.4 Å². The molecular weight excluding hydrogens is 238 g/mol. The second-order valence-electron chi connectivity index (χ2n) is 5.20. The van der Waals surface area contributed by atoms with Gasteiger partial charge in [0.1, 0.15) is 0 Å². The summed E-state index contributed by atoms with van der Waals surface area (Å²) >= 11 is 0. The average Bonchev–Trinajstić information content (AvgIpc) is 2.95. The van der Waals surface area contributed by atoms with Crippen LogP contribution in [-0.4, -0.2) is 35.4 Å². The Bertz CT molecular complexity index is 413. The van der Waals surface area contributed by atoms with Crippen molar-refractivity contribution in [1.82, 2.24) is 15.2 Å². The van der Waals surface area contributed by atoms with E-state index in [0.717, 1.165) is 38.2 Å². The van der Waals surface area contributed by atoms with Gasteiger partial charge in [0.25, 0.3) is 0 Å². The second kappa shape index (κ2) is 6.15. The third kappa shape index (κ3) is 2.95. The van der Waals surface area contributed by atoms with Gasteiger partial charge >= 0.3 is 0 Å². The van der Waals surface area contributed by atoms with Crippen molar-refractivity contribution in [3.05, 3.63) is 30.1 Å². The van der Waals surface area contributed by atoms with Crippen LogP contribution in [0.25, 0.3) is 0 Å². The van der Waals surface area contributed by atoms with Crippen molar-refractivity contribution >= 4 is 5.91 Å². The maximum absolute atomic E-state index is 12.8. The molecule has 1 saturated heterocycles. The lowest BCUT2D eigenvalue weighted by atomic mass is 9.82. The van der Waals surface area contributed by atoms with Crippen molar-refractivity contribution < 1.29 is 4.79 Å². The Morgan fingerprint density at radius 2 is 2.32 bits per heavy atom. The van der Waals surface area contributed by atoms with E-state index < -0.39 is 0 Å². The maximum atomic E-state index is 12.8. The zero-order chi connectivity index (χ0) is 13.7. The Balaban J connectivity index is 2.11. The molecule has 0 radical (unpaired) electrons. The van der Waals surface area contributed by atoms with Crippen molar-refractivity contribution in [2.45, 2.75) is 33.2 Å². The molecule has 104 valence electrons. The smallest absolute Gasteiger partial charge is 0.230 e. The lowest BCUT2D eigenvalue weighted by Crippen LogP contribution is -2.44. The minimum atomic E-state index is -0.204. The maximum Gasteiger partial charge on any atom is 0.230 e. The number of nitrogens with zero attached hydrogens (tertiary/aromatic N) is 2. The van der Waals surface area contributed by atoms with Crippen LogP contribution in [-0.2, 0) is 11.3 Å². The number of hydrogen-bond donors (Lipinski definition) is 1. The third-order valence-corrected chi connectivity index (χ3v) is 4.12. The van der Waals surface area contributed by atoms with Crippen LogP contribution in [0.5, 0.6) is 0 Å². The Hall–Kier alpha value is -1.42. The first kappa shape index (κ1) is 14.0. The average molecular weight is 261 g/mol. The highest BCUT2D eigenvalue weighted by atomic mass is 16.2. The Morgan fingerprint density at radius 1 is 1.47 bits per heavy atom. The number of rotatable bonds is 5. The summed E-state index contributed by atoms with van der Waals surface area (Å²) in [5.41, 5.74) is 0.750. The van der Waals surface area contributed by atoms with Gasteiger partial charge in [0, 0.05) is 19.3 Å². The molecule has 1 aliphatic rings. The molecule has 1 amide bonds. The monoisotopic (exact) mass is 261 g/mol. The molecule has 2 rings (SSSR count). The normalized spacial score (nSPS) is 22.4. The summed E-state index contributed by atoms with van der Waals surface area (Å²) in [6.07, 6.45) is 3.62. The number of nitrogens with one attached hydrogen (secondary N) is 1. The van der Waals surface area contributed by atoms with Gasteiger partial charge in [-0.15, -0.1) is 0 Å². The summed E-state index contributed by atoms with van der Waals surface area (Å²) in [5, 5.41) is 3.32. The van der Waals surface area contributed by atoms with Crippen LogP contribution in [0.3, 0.4) is 0 Å². The molecule has 19 heavy (non-hydrogen) atoms. The van der Waals surface area contributed by atoms with Gasteiger partial charge in [0.05, 0.1) is 17.7 Å². The van der Waals surface area contributed by atoms with Gasteiger partial charge in [0.15, 0.2) is 0 Å². The van der Waals surface area contributed by atoms with E-state index in [9.17, 15) is 4.79 Å². The zero-order valence-corrected chi connectivity index (χ0v) is 11.9. The van der Waals surface area contributed by atoms with Crippen LogP contribution >= 0.6 is 0 Å². The van der Waals surface area contributed by atoms with E-state index >= 15 is 0 Å². The van der Waals surface area contributed by atoms with Gasteiger partial charge < -0.3 is 10.2 Å². The molecule has 2 heterocycles. The summed E-state index contributed by atoms with van der Waals surface area (Å²) < 4.78 is 0. The van der Waals surface area contributed by atoms with E-state index in [4.69, 9.17) is 0 Å². The Kier molecular flexibility index (Phi) is 4.53. The molecule has 0 saturated carbocycles. The van der Waals surface area contributed by atoms with Crippen LogP contribution in [0.2, 0.25) is 0 Å². The first-order chi connectivity index (χ1) is 9.22. The molecule has 1 N–H and O–H groups in total. The summed E-state index contributed by atoms with van der Waals surface area (Å²) in [6, 6.07) is 5.84. The quantitative estimate of drug-likeness (QED) is 0.879. The fourth-order valence-electron chi connectivity index (χ4n) is 2.73. The van der Waals surface area contributed by atoms with E-state index in [2.05, 4.69) is 17.2 Å². The largest absolute Gasteiger partial charge is 0.337 e. The third-order valence-electron chi connectivity index (χ3n) is 4.12. The number of pyridine rings is 1. The van der Waals surface area contributed by atoms with Crippen LogP contribution < -0.4 is 5.32 Å². The van der Waals surface area contributed by atoms with E-state index in [1.165, 1.54) is 0 Å². The molecule has 0 bridgehead atoms. The van der Waals surface area contributed by atoms with Crippen molar-refractivity contribution in [1.29, 1.82) is 0 Å². The lowest BCUT2D eigenvalue weighted by Gasteiger charge is -2.32. The number of carbonyl (C=O) groups excluding carboxylic acids is 1. The van der Waals surface area contributed by atoms with E-state index in [0.29, 0.717) is 6.54 Å². The van der Waals surface area contributed by atoms with Crippen LogP contribution in [0.15, 0.2) is 24.4 Å². The molecule has 1 aliphatic heterocycles. The Morgan fingerprint density at radius 3 is 2.84 bits per heavy atom. The van der Waals surface area contributed by atoms with Crippen LogP contribution in [0.1, 0.15) is 32.4 Å². The molecule has 1 aromatic rings. The Labute approximate surface area is 115 Å². The van der Waals surface area contributed by atoms with E-state index in [1.54, 1.807) is 6.20 Å². The van der Waals surface area contributed by atoms with Crippen LogP contribution in [0.4, 0.5) is 0 Å². The SMILES string of the molecule is CCN(Cc1ccccn1)C(=O)C1(CC)CCNC1. The summed E-state index contributed by atoms with van der Waals surface area (Å²) in [5.74, 6) is 0.271. The summed E-state index contributed by atoms with van der Waals surface area (Å²) in [6.45, 7) is 7.24. The fourth-order valence-corrected chi connectivity index (χ4v) is 2.73. The number of amides is 1. The van der Waals surface area contributed by atoms with Crippen LogP contribution in [0, 0.1) is 5.41 Å². The van der Waals surface area contributed by atoms with Gasteiger partial charge in [0.2, 0.25) is 5.91 Å². The number of hydrogen-bond acceptors (Lipinski definition) is 3. The van der Waals surface area contributed by atoms with Crippen molar-refractivity contribution in [3.63, 3.8) is 0 Å². The highest BCUT2D eigenvalue weighted by Crippen LogP contribution is 2.32. The van der Waals surface area contributed by atoms with Gasteiger partial charge in [-0.25, -0.2) is 0 Å². The lowest BCUT2D eigenvalue weighted by molar-refractivity contribution is -0.141. The highest BCUT2D eigenvalue weighted by Gasteiger charge is 2.41. The first-order valence-corrected chi connectivity index (χ1v) is 7.12. The molecule has 1 unspecified atom stereocenters.